The molecule has 0 aliphatic heterocycles. The van der Waals surface area contributed by atoms with Crippen molar-refractivity contribution < 1.29 is 9.72 Å². The Morgan fingerprint density at radius 2 is 1.94 bits per heavy atom. The van der Waals surface area contributed by atoms with Crippen molar-refractivity contribution in [3.05, 3.63) is 46.2 Å². The molecule has 1 aliphatic rings. The second-order valence-electron chi connectivity index (χ2n) is 3.89. The topological polar surface area (TPSA) is 72.2 Å². The molecule has 5 heteroatoms. The number of allylic oxidation sites excluding steroid dienone is 1. The van der Waals surface area contributed by atoms with E-state index in [1.807, 2.05) is 0 Å². The number of carbonyl (C=O) groups excluding carboxylic acids is 1. The first-order chi connectivity index (χ1) is 8.16. The van der Waals surface area contributed by atoms with E-state index in [2.05, 4.69) is 5.32 Å². The van der Waals surface area contributed by atoms with E-state index < -0.39 is 4.92 Å². The van der Waals surface area contributed by atoms with Crippen LogP contribution < -0.4 is 5.32 Å². The fourth-order valence-corrected chi connectivity index (χ4v) is 1.74. The number of carbonyl (C=O) groups is 1. The van der Waals surface area contributed by atoms with Gasteiger partial charge in [-0.2, -0.15) is 0 Å². The monoisotopic (exact) mass is 232 g/mol. The third-order valence-electron chi connectivity index (χ3n) is 2.70. The molecule has 0 bridgehead atoms. The number of nitro groups is 1. The molecule has 2 rings (SSSR count). The molecule has 17 heavy (non-hydrogen) atoms. The summed E-state index contributed by atoms with van der Waals surface area (Å²) in [6.45, 7) is 0. The van der Waals surface area contributed by atoms with Crippen LogP contribution in [0.4, 0.5) is 11.4 Å². The van der Waals surface area contributed by atoms with Gasteiger partial charge in [-0.1, -0.05) is 0 Å². The van der Waals surface area contributed by atoms with Crippen LogP contribution in [0.5, 0.6) is 0 Å². The van der Waals surface area contributed by atoms with Crippen LogP contribution in [-0.4, -0.2) is 10.7 Å². The Kier molecular flexibility index (Phi) is 3.18. The van der Waals surface area contributed by atoms with Crippen molar-refractivity contribution in [3.63, 3.8) is 0 Å². The summed E-state index contributed by atoms with van der Waals surface area (Å²) in [7, 11) is 0. The van der Waals surface area contributed by atoms with Gasteiger partial charge in [0, 0.05) is 36.0 Å². The maximum Gasteiger partial charge on any atom is 0.269 e. The molecule has 0 aromatic heterocycles. The van der Waals surface area contributed by atoms with Gasteiger partial charge in [0.15, 0.2) is 5.78 Å². The number of benzene rings is 1. The highest BCUT2D eigenvalue weighted by atomic mass is 16.6. The number of ketones is 1. The average Bonchev–Trinajstić information content (AvgIpc) is 2.73. The van der Waals surface area contributed by atoms with Crippen molar-refractivity contribution in [2.75, 3.05) is 5.32 Å². The number of hydrogen-bond acceptors (Lipinski definition) is 4. The van der Waals surface area contributed by atoms with E-state index in [1.165, 1.54) is 12.1 Å². The van der Waals surface area contributed by atoms with Crippen LogP contribution in [0.25, 0.3) is 0 Å². The van der Waals surface area contributed by atoms with E-state index in [4.69, 9.17) is 0 Å². The molecule has 1 fully saturated rings. The molecular formula is C12H12N2O3. The van der Waals surface area contributed by atoms with Crippen LogP contribution in [0.15, 0.2) is 36.0 Å². The van der Waals surface area contributed by atoms with Gasteiger partial charge in [-0.05, 0) is 25.0 Å². The molecule has 0 amide bonds. The summed E-state index contributed by atoms with van der Waals surface area (Å²) in [5, 5.41) is 13.4. The van der Waals surface area contributed by atoms with E-state index in [0.29, 0.717) is 6.42 Å². The Bertz CT molecular complexity index is 477. The minimum Gasteiger partial charge on any atom is -0.361 e. The molecule has 1 aromatic carbocycles. The van der Waals surface area contributed by atoms with E-state index in [0.717, 1.165) is 24.1 Å². The average molecular weight is 232 g/mol. The third-order valence-corrected chi connectivity index (χ3v) is 2.70. The fourth-order valence-electron chi connectivity index (χ4n) is 1.74. The predicted molar refractivity (Wildman–Crippen MR) is 63.7 cm³/mol. The van der Waals surface area contributed by atoms with E-state index in [1.54, 1.807) is 18.3 Å². The number of anilines is 1. The molecule has 0 atom stereocenters. The summed E-state index contributed by atoms with van der Waals surface area (Å²) in [6, 6.07) is 6.10. The minimum atomic E-state index is -0.442. The number of non-ortho nitro benzene ring substituents is 1. The quantitative estimate of drug-likeness (QED) is 0.494. The summed E-state index contributed by atoms with van der Waals surface area (Å²) >= 11 is 0. The molecule has 0 spiro atoms. The Hall–Kier alpha value is -2.17. The lowest BCUT2D eigenvalue weighted by atomic mass is 10.2. The van der Waals surface area contributed by atoms with Crippen LogP contribution in [0.3, 0.4) is 0 Å². The first kappa shape index (κ1) is 11.3. The third kappa shape index (κ3) is 2.69. The zero-order valence-corrected chi connectivity index (χ0v) is 9.18. The molecule has 0 unspecified atom stereocenters. The smallest absolute Gasteiger partial charge is 0.269 e. The normalized spacial score (nSPS) is 17.4. The van der Waals surface area contributed by atoms with Crippen molar-refractivity contribution in [3.8, 4) is 0 Å². The van der Waals surface area contributed by atoms with Gasteiger partial charge in [-0.3, -0.25) is 14.9 Å². The van der Waals surface area contributed by atoms with E-state index >= 15 is 0 Å². The number of rotatable bonds is 3. The highest BCUT2D eigenvalue weighted by Gasteiger charge is 2.16. The van der Waals surface area contributed by atoms with E-state index in [-0.39, 0.29) is 11.5 Å². The highest BCUT2D eigenvalue weighted by molar-refractivity contribution is 5.97. The van der Waals surface area contributed by atoms with Gasteiger partial charge in [0.2, 0.25) is 0 Å². The standard InChI is InChI=1S/C12H12N2O3/c15-12-3-1-2-9(12)8-13-10-4-6-11(7-5-10)14(16)17/h4-8,13H,1-3H2. The molecular weight excluding hydrogens is 220 g/mol. The summed E-state index contributed by atoms with van der Waals surface area (Å²) in [5.41, 5.74) is 1.59. The van der Waals surface area contributed by atoms with Crippen molar-refractivity contribution >= 4 is 17.2 Å². The van der Waals surface area contributed by atoms with Crippen LogP contribution in [-0.2, 0) is 4.79 Å². The zero-order chi connectivity index (χ0) is 12.3. The summed E-state index contributed by atoms with van der Waals surface area (Å²) < 4.78 is 0. The number of hydrogen-bond donors (Lipinski definition) is 1. The lowest BCUT2D eigenvalue weighted by Crippen LogP contribution is -1.96. The van der Waals surface area contributed by atoms with Gasteiger partial charge in [-0.25, -0.2) is 0 Å². The molecule has 5 nitrogen and oxygen atoms in total. The van der Waals surface area contributed by atoms with Gasteiger partial charge < -0.3 is 5.32 Å². The largest absolute Gasteiger partial charge is 0.361 e. The molecule has 0 radical (unpaired) electrons. The van der Waals surface area contributed by atoms with Crippen molar-refractivity contribution in [1.82, 2.24) is 0 Å². The van der Waals surface area contributed by atoms with E-state index in [9.17, 15) is 14.9 Å². The molecule has 1 N–H and O–H groups in total. The second-order valence-corrected chi connectivity index (χ2v) is 3.89. The van der Waals surface area contributed by atoms with Crippen molar-refractivity contribution in [1.29, 1.82) is 0 Å². The van der Waals surface area contributed by atoms with Gasteiger partial charge in [0.1, 0.15) is 0 Å². The summed E-state index contributed by atoms with van der Waals surface area (Å²) in [6.07, 6.45) is 4.02. The first-order valence-electron chi connectivity index (χ1n) is 5.40. The highest BCUT2D eigenvalue weighted by Crippen LogP contribution is 2.21. The van der Waals surface area contributed by atoms with Gasteiger partial charge >= 0.3 is 0 Å². The maximum atomic E-state index is 11.3. The Labute approximate surface area is 98.3 Å². The van der Waals surface area contributed by atoms with Crippen LogP contribution in [0, 0.1) is 10.1 Å². The molecule has 1 aliphatic carbocycles. The molecule has 0 saturated heterocycles. The number of Topliss-reactive ketones (excluding diaryl/α,β-unsaturated/α-hetero) is 1. The molecule has 1 aromatic rings. The zero-order valence-electron chi connectivity index (χ0n) is 9.18. The summed E-state index contributed by atoms with van der Waals surface area (Å²) in [4.78, 5) is 21.4. The number of nitrogens with zero attached hydrogens (tertiary/aromatic N) is 1. The van der Waals surface area contributed by atoms with Crippen LogP contribution in [0.1, 0.15) is 19.3 Å². The Morgan fingerprint density at radius 1 is 1.24 bits per heavy atom. The molecule has 88 valence electrons. The SMILES string of the molecule is O=C1CCCC1=CNc1ccc([N+](=O)[O-])cc1. The van der Waals surface area contributed by atoms with Gasteiger partial charge in [-0.15, -0.1) is 0 Å². The molecule has 0 heterocycles. The number of nitro benzene ring substituents is 1. The van der Waals surface area contributed by atoms with Gasteiger partial charge in [0.05, 0.1) is 4.92 Å². The fraction of sp³-hybridized carbons (Fsp3) is 0.250. The second kappa shape index (κ2) is 4.78. The van der Waals surface area contributed by atoms with Crippen LogP contribution >= 0.6 is 0 Å². The first-order valence-corrected chi connectivity index (χ1v) is 5.40. The number of nitrogens with one attached hydrogen (secondary N) is 1. The van der Waals surface area contributed by atoms with Crippen molar-refractivity contribution in [2.24, 2.45) is 0 Å². The van der Waals surface area contributed by atoms with Crippen molar-refractivity contribution in [2.45, 2.75) is 19.3 Å². The van der Waals surface area contributed by atoms with Gasteiger partial charge in [0.25, 0.3) is 5.69 Å². The Morgan fingerprint density at radius 3 is 2.47 bits per heavy atom. The summed E-state index contributed by atoms with van der Waals surface area (Å²) in [5.74, 6) is 0.180. The Balaban J connectivity index is 2.04. The lowest BCUT2D eigenvalue weighted by molar-refractivity contribution is -0.384. The minimum absolute atomic E-state index is 0.0557. The molecule has 1 saturated carbocycles. The van der Waals surface area contributed by atoms with Crippen LogP contribution in [0.2, 0.25) is 0 Å². The predicted octanol–water partition coefficient (Wildman–Crippen LogP) is 2.64. The maximum absolute atomic E-state index is 11.3. The lowest BCUT2D eigenvalue weighted by Gasteiger charge is -2.01.